The minimum atomic E-state index is -0.276. The maximum atomic E-state index is 10.3. The molecular formula is C15H22OS. The summed E-state index contributed by atoms with van der Waals surface area (Å²) in [6, 6.07) is 6.40. The summed E-state index contributed by atoms with van der Waals surface area (Å²) in [5, 5.41) is 10.3. The van der Waals surface area contributed by atoms with Gasteiger partial charge in [-0.1, -0.05) is 29.3 Å². The van der Waals surface area contributed by atoms with E-state index in [4.69, 9.17) is 0 Å². The molecule has 0 aliphatic carbocycles. The first-order chi connectivity index (χ1) is 8.15. The molecule has 0 aromatic heterocycles. The van der Waals surface area contributed by atoms with E-state index in [2.05, 4.69) is 32.0 Å². The van der Waals surface area contributed by atoms with Gasteiger partial charge in [-0.2, -0.15) is 11.8 Å². The molecule has 2 heteroatoms. The van der Waals surface area contributed by atoms with E-state index < -0.39 is 0 Å². The molecule has 1 nitrogen and oxygen atoms in total. The van der Waals surface area contributed by atoms with Gasteiger partial charge in [-0.25, -0.2) is 0 Å². The van der Waals surface area contributed by atoms with Crippen LogP contribution < -0.4 is 0 Å². The number of aliphatic hydroxyl groups is 1. The average Bonchev–Trinajstić information content (AvgIpc) is 2.29. The van der Waals surface area contributed by atoms with Gasteiger partial charge < -0.3 is 5.11 Å². The number of hydrogen-bond donors (Lipinski definition) is 1. The molecule has 1 aliphatic heterocycles. The van der Waals surface area contributed by atoms with Crippen molar-refractivity contribution in [1.82, 2.24) is 0 Å². The number of thioether (sulfide) groups is 1. The smallest absolute Gasteiger partial charge is 0.0792 e. The van der Waals surface area contributed by atoms with Gasteiger partial charge >= 0.3 is 0 Å². The second-order valence-corrected chi connectivity index (χ2v) is 6.45. The highest BCUT2D eigenvalue weighted by molar-refractivity contribution is 7.99. The van der Waals surface area contributed by atoms with Crippen LogP contribution in [0, 0.1) is 19.8 Å². The topological polar surface area (TPSA) is 20.2 Å². The number of rotatable bonds is 3. The Morgan fingerprint density at radius 3 is 2.35 bits per heavy atom. The summed E-state index contributed by atoms with van der Waals surface area (Å²) in [5.41, 5.74) is 3.59. The SMILES string of the molecule is Cc1cc(C)cc(C(O)CC2CCSCC2)c1. The Bertz CT molecular complexity index is 349. The molecule has 0 saturated carbocycles. The van der Waals surface area contributed by atoms with Crippen molar-refractivity contribution >= 4 is 11.8 Å². The second-order valence-electron chi connectivity index (χ2n) is 5.23. The molecule has 2 rings (SSSR count). The molecule has 1 aromatic carbocycles. The lowest BCUT2D eigenvalue weighted by molar-refractivity contribution is 0.141. The van der Waals surface area contributed by atoms with Gasteiger partial charge in [0.25, 0.3) is 0 Å². The fourth-order valence-electron chi connectivity index (χ4n) is 2.64. The Morgan fingerprint density at radius 2 is 1.76 bits per heavy atom. The van der Waals surface area contributed by atoms with Gasteiger partial charge in [0.05, 0.1) is 6.10 Å². The standard InChI is InChI=1S/C15H22OS/c1-11-7-12(2)9-14(8-11)15(16)10-13-3-5-17-6-4-13/h7-9,13,15-16H,3-6,10H2,1-2H3. The summed E-state index contributed by atoms with van der Waals surface area (Å²) in [4.78, 5) is 0. The summed E-state index contributed by atoms with van der Waals surface area (Å²) in [7, 11) is 0. The normalized spacial score (nSPS) is 19.2. The first-order valence-electron chi connectivity index (χ1n) is 6.49. The van der Waals surface area contributed by atoms with E-state index in [-0.39, 0.29) is 6.10 Å². The van der Waals surface area contributed by atoms with Gasteiger partial charge in [0.1, 0.15) is 0 Å². The second kappa shape index (κ2) is 5.92. The van der Waals surface area contributed by atoms with E-state index in [1.165, 1.54) is 35.5 Å². The molecule has 1 aromatic rings. The van der Waals surface area contributed by atoms with Crippen LogP contribution in [-0.2, 0) is 0 Å². The molecule has 0 amide bonds. The lowest BCUT2D eigenvalue weighted by Crippen LogP contribution is -2.13. The van der Waals surface area contributed by atoms with Crippen LogP contribution in [0.5, 0.6) is 0 Å². The summed E-state index contributed by atoms with van der Waals surface area (Å²) >= 11 is 2.04. The van der Waals surface area contributed by atoms with Gasteiger partial charge in [0.15, 0.2) is 0 Å². The molecule has 0 spiro atoms. The Hall–Kier alpha value is -0.470. The Balaban J connectivity index is 2.00. The first-order valence-corrected chi connectivity index (χ1v) is 7.64. The number of aliphatic hydroxyl groups excluding tert-OH is 1. The van der Waals surface area contributed by atoms with Crippen molar-refractivity contribution in [3.63, 3.8) is 0 Å². The van der Waals surface area contributed by atoms with Crippen LogP contribution >= 0.6 is 11.8 Å². The van der Waals surface area contributed by atoms with E-state index in [1.807, 2.05) is 11.8 Å². The van der Waals surface area contributed by atoms with Gasteiger partial charge in [-0.15, -0.1) is 0 Å². The Labute approximate surface area is 109 Å². The third kappa shape index (κ3) is 3.75. The minimum absolute atomic E-state index is 0.276. The van der Waals surface area contributed by atoms with E-state index in [9.17, 15) is 5.11 Å². The van der Waals surface area contributed by atoms with Crippen LogP contribution in [0.2, 0.25) is 0 Å². The van der Waals surface area contributed by atoms with Crippen LogP contribution in [0.4, 0.5) is 0 Å². The van der Waals surface area contributed by atoms with E-state index in [0.717, 1.165) is 12.0 Å². The molecule has 94 valence electrons. The van der Waals surface area contributed by atoms with Crippen molar-refractivity contribution in [2.24, 2.45) is 5.92 Å². The van der Waals surface area contributed by atoms with Crippen LogP contribution in [0.15, 0.2) is 18.2 Å². The molecule has 0 bridgehead atoms. The van der Waals surface area contributed by atoms with Gasteiger partial charge in [0.2, 0.25) is 0 Å². The zero-order valence-corrected chi connectivity index (χ0v) is 11.6. The maximum absolute atomic E-state index is 10.3. The number of hydrogen-bond acceptors (Lipinski definition) is 2. The summed E-state index contributed by atoms with van der Waals surface area (Å²) < 4.78 is 0. The Kier molecular flexibility index (Phi) is 4.52. The van der Waals surface area contributed by atoms with Crippen molar-refractivity contribution in [1.29, 1.82) is 0 Å². The van der Waals surface area contributed by atoms with Crippen LogP contribution in [0.1, 0.15) is 42.1 Å². The lowest BCUT2D eigenvalue weighted by Gasteiger charge is -2.24. The van der Waals surface area contributed by atoms with E-state index in [1.54, 1.807) is 0 Å². The van der Waals surface area contributed by atoms with Gasteiger partial charge in [-0.3, -0.25) is 0 Å². The van der Waals surface area contributed by atoms with Crippen molar-refractivity contribution in [3.05, 3.63) is 34.9 Å². The van der Waals surface area contributed by atoms with Crippen molar-refractivity contribution in [3.8, 4) is 0 Å². The first kappa shape index (κ1) is 13.0. The van der Waals surface area contributed by atoms with Gasteiger partial charge in [0, 0.05) is 0 Å². The molecule has 1 saturated heterocycles. The summed E-state index contributed by atoms with van der Waals surface area (Å²) in [5.74, 6) is 3.25. The highest BCUT2D eigenvalue weighted by atomic mass is 32.2. The zero-order valence-electron chi connectivity index (χ0n) is 10.8. The van der Waals surface area contributed by atoms with Crippen LogP contribution in [0.25, 0.3) is 0 Å². The molecule has 1 aliphatic rings. The molecule has 1 unspecified atom stereocenters. The fraction of sp³-hybridized carbons (Fsp3) is 0.600. The van der Waals surface area contributed by atoms with Crippen molar-refractivity contribution in [2.45, 2.75) is 39.2 Å². The summed E-state index contributed by atoms with van der Waals surface area (Å²) in [6.45, 7) is 4.20. The Morgan fingerprint density at radius 1 is 1.18 bits per heavy atom. The predicted molar refractivity (Wildman–Crippen MR) is 75.5 cm³/mol. The molecule has 1 N–H and O–H groups in total. The lowest BCUT2D eigenvalue weighted by atomic mass is 9.91. The average molecular weight is 250 g/mol. The van der Waals surface area contributed by atoms with E-state index in [0.29, 0.717) is 5.92 Å². The van der Waals surface area contributed by atoms with Crippen molar-refractivity contribution < 1.29 is 5.11 Å². The largest absolute Gasteiger partial charge is 0.388 e. The number of benzene rings is 1. The third-order valence-electron chi connectivity index (χ3n) is 3.53. The minimum Gasteiger partial charge on any atom is -0.388 e. The maximum Gasteiger partial charge on any atom is 0.0792 e. The fourth-order valence-corrected chi connectivity index (χ4v) is 3.84. The molecule has 17 heavy (non-hydrogen) atoms. The summed E-state index contributed by atoms with van der Waals surface area (Å²) in [6.07, 6.45) is 3.20. The molecular weight excluding hydrogens is 228 g/mol. The van der Waals surface area contributed by atoms with Gasteiger partial charge in [-0.05, 0) is 56.1 Å². The van der Waals surface area contributed by atoms with E-state index >= 15 is 0 Å². The monoisotopic (exact) mass is 250 g/mol. The third-order valence-corrected chi connectivity index (χ3v) is 4.58. The number of aryl methyl sites for hydroxylation is 2. The van der Waals surface area contributed by atoms with Crippen LogP contribution in [0.3, 0.4) is 0 Å². The molecule has 1 atom stereocenters. The molecule has 1 heterocycles. The highest BCUT2D eigenvalue weighted by Gasteiger charge is 2.18. The van der Waals surface area contributed by atoms with Crippen LogP contribution in [-0.4, -0.2) is 16.6 Å². The molecule has 1 fully saturated rings. The quantitative estimate of drug-likeness (QED) is 0.878. The highest BCUT2D eigenvalue weighted by Crippen LogP contribution is 2.31. The predicted octanol–water partition coefficient (Wildman–Crippen LogP) is 3.87. The van der Waals surface area contributed by atoms with Crippen molar-refractivity contribution in [2.75, 3.05) is 11.5 Å². The molecule has 0 radical (unpaired) electrons. The zero-order chi connectivity index (χ0) is 12.3.